The molecular weight excluding hydrogens is 274 g/mol. The van der Waals surface area contributed by atoms with Crippen molar-refractivity contribution in [1.29, 1.82) is 0 Å². The molecule has 2 heterocycles. The van der Waals surface area contributed by atoms with Gasteiger partial charge in [-0.05, 0) is 42.2 Å². The third-order valence-electron chi connectivity index (χ3n) is 4.17. The molecule has 4 heteroatoms. The number of nitrogens with one attached hydrogen (secondary N) is 1. The number of benzene rings is 1. The maximum Gasteiger partial charge on any atom is 0.240 e. The summed E-state index contributed by atoms with van der Waals surface area (Å²) in [6.07, 6.45) is 4.34. The zero-order valence-electron chi connectivity index (χ0n) is 12.8. The molecule has 3 rings (SSSR count). The Kier molecular flexibility index (Phi) is 4.49. The van der Waals surface area contributed by atoms with Crippen molar-refractivity contribution in [2.24, 2.45) is 0 Å². The van der Waals surface area contributed by atoms with Gasteiger partial charge in [-0.2, -0.15) is 0 Å². The number of hydrogen-bond acceptors (Lipinski definition) is 3. The summed E-state index contributed by atoms with van der Waals surface area (Å²) in [5.41, 5.74) is 3.51. The molecule has 114 valence electrons. The van der Waals surface area contributed by atoms with Crippen molar-refractivity contribution >= 4 is 5.91 Å². The smallest absolute Gasteiger partial charge is 0.240 e. The average Bonchev–Trinajstić information content (AvgIpc) is 2.58. The Morgan fingerprint density at radius 2 is 1.82 bits per heavy atom. The third-order valence-corrected chi connectivity index (χ3v) is 4.17. The summed E-state index contributed by atoms with van der Waals surface area (Å²) >= 11 is 0. The van der Waals surface area contributed by atoms with E-state index in [0.29, 0.717) is 0 Å². The van der Waals surface area contributed by atoms with Gasteiger partial charge in [0.2, 0.25) is 5.91 Å². The SMILES string of the molecule is CCN1CCN[C@@H](Cc2ccc(-c3ccncc3)cc2)C1=O. The lowest BCUT2D eigenvalue weighted by Crippen LogP contribution is -2.55. The first-order valence-electron chi connectivity index (χ1n) is 7.79. The van der Waals surface area contributed by atoms with Crippen molar-refractivity contribution in [3.63, 3.8) is 0 Å². The highest BCUT2D eigenvalue weighted by Crippen LogP contribution is 2.19. The molecule has 2 aromatic rings. The molecule has 1 N–H and O–H groups in total. The molecule has 1 aliphatic rings. The minimum Gasteiger partial charge on any atom is -0.340 e. The predicted octanol–water partition coefficient (Wildman–Crippen LogP) is 2.11. The number of nitrogens with zero attached hydrogens (tertiary/aromatic N) is 2. The first-order valence-corrected chi connectivity index (χ1v) is 7.79. The molecule has 1 amide bonds. The molecule has 0 saturated carbocycles. The minimum atomic E-state index is -0.0968. The van der Waals surface area contributed by atoms with E-state index in [2.05, 4.69) is 34.6 Å². The molecule has 1 aromatic carbocycles. The Hall–Kier alpha value is -2.20. The number of hydrogen-bond donors (Lipinski definition) is 1. The van der Waals surface area contributed by atoms with Crippen LogP contribution in [0.4, 0.5) is 0 Å². The van der Waals surface area contributed by atoms with Crippen molar-refractivity contribution in [3.05, 3.63) is 54.4 Å². The lowest BCUT2D eigenvalue weighted by atomic mass is 10.00. The van der Waals surface area contributed by atoms with Gasteiger partial charge < -0.3 is 10.2 Å². The Bertz CT molecular complexity index is 625. The standard InChI is InChI=1S/C18H21N3O/c1-2-21-12-11-20-17(18(21)22)13-14-3-5-15(6-4-14)16-7-9-19-10-8-16/h3-10,17,20H,2,11-13H2,1H3/t17-/m0/s1. The van der Waals surface area contributed by atoms with Gasteiger partial charge in [-0.3, -0.25) is 9.78 Å². The van der Waals surface area contributed by atoms with Crippen LogP contribution in [0, 0.1) is 0 Å². The molecule has 1 aromatic heterocycles. The lowest BCUT2D eigenvalue weighted by Gasteiger charge is -2.32. The topological polar surface area (TPSA) is 45.2 Å². The van der Waals surface area contributed by atoms with Crippen molar-refractivity contribution in [2.45, 2.75) is 19.4 Å². The molecule has 1 aliphatic heterocycles. The van der Waals surface area contributed by atoms with Gasteiger partial charge in [0.15, 0.2) is 0 Å². The number of pyridine rings is 1. The largest absolute Gasteiger partial charge is 0.340 e. The summed E-state index contributed by atoms with van der Waals surface area (Å²) in [5.74, 6) is 0.215. The summed E-state index contributed by atoms with van der Waals surface area (Å²) in [5, 5.41) is 3.33. The van der Waals surface area contributed by atoms with Crippen LogP contribution < -0.4 is 5.32 Å². The maximum absolute atomic E-state index is 12.3. The second kappa shape index (κ2) is 6.71. The lowest BCUT2D eigenvalue weighted by molar-refractivity contribution is -0.135. The molecule has 0 bridgehead atoms. The van der Waals surface area contributed by atoms with Gasteiger partial charge in [-0.15, -0.1) is 0 Å². The fraction of sp³-hybridized carbons (Fsp3) is 0.333. The molecule has 0 aliphatic carbocycles. The minimum absolute atomic E-state index is 0.0968. The summed E-state index contributed by atoms with van der Waals surface area (Å²) in [4.78, 5) is 18.3. The van der Waals surface area contributed by atoms with E-state index < -0.39 is 0 Å². The number of likely N-dealkylation sites (N-methyl/N-ethyl adjacent to an activating group) is 1. The Labute approximate surface area is 131 Å². The van der Waals surface area contributed by atoms with Crippen LogP contribution in [0.25, 0.3) is 11.1 Å². The van der Waals surface area contributed by atoms with Crippen molar-refractivity contribution in [1.82, 2.24) is 15.2 Å². The molecule has 1 atom stereocenters. The summed E-state index contributed by atoms with van der Waals surface area (Å²) in [6.45, 7) is 4.51. The third kappa shape index (κ3) is 3.17. The number of amides is 1. The molecule has 4 nitrogen and oxygen atoms in total. The molecule has 0 radical (unpaired) electrons. The van der Waals surface area contributed by atoms with Gasteiger partial charge in [-0.1, -0.05) is 24.3 Å². The van der Waals surface area contributed by atoms with Crippen LogP contribution in [-0.4, -0.2) is 41.5 Å². The highest BCUT2D eigenvalue weighted by molar-refractivity contribution is 5.83. The second-order valence-electron chi connectivity index (χ2n) is 5.56. The van der Waals surface area contributed by atoms with E-state index in [0.717, 1.165) is 31.6 Å². The quantitative estimate of drug-likeness (QED) is 0.939. The van der Waals surface area contributed by atoms with Gasteiger partial charge >= 0.3 is 0 Å². The van der Waals surface area contributed by atoms with Gasteiger partial charge in [0.25, 0.3) is 0 Å². The number of piperazine rings is 1. The number of carbonyl (C=O) groups excluding carboxylic acids is 1. The van der Waals surface area contributed by atoms with E-state index in [1.807, 2.05) is 24.0 Å². The molecular formula is C18H21N3O. The zero-order valence-corrected chi connectivity index (χ0v) is 12.8. The fourth-order valence-electron chi connectivity index (χ4n) is 2.88. The number of aromatic nitrogens is 1. The van der Waals surface area contributed by atoms with E-state index in [-0.39, 0.29) is 11.9 Å². The van der Waals surface area contributed by atoms with E-state index in [9.17, 15) is 4.79 Å². The van der Waals surface area contributed by atoms with Crippen molar-refractivity contribution in [2.75, 3.05) is 19.6 Å². The van der Waals surface area contributed by atoms with Crippen LogP contribution >= 0.6 is 0 Å². The van der Waals surface area contributed by atoms with Gasteiger partial charge in [0, 0.05) is 32.0 Å². The first-order chi connectivity index (χ1) is 10.8. The number of carbonyl (C=O) groups is 1. The van der Waals surface area contributed by atoms with Crippen LogP contribution in [0.1, 0.15) is 12.5 Å². The Balaban J connectivity index is 1.70. The fourth-order valence-corrected chi connectivity index (χ4v) is 2.88. The van der Waals surface area contributed by atoms with Crippen LogP contribution in [-0.2, 0) is 11.2 Å². The van der Waals surface area contributed by atoms with Crippen LogP contribution in [0.15, 0.2) is 48.8 Å². The molecule has 0 spiro atoms. The summed E-state index contributed by atoms with van der Waals surface area (Å²) < 4.78 is 0. The Morgan fingerprint density at radius 3 is 2.50 bits per heavy atom. The van der Waals surface area contributed by atoms with Crippen LogP contribution in [0.5, 0.6) is 0 Å². The second-order valence-corrected chi connectivity index (χ2v) is 5.56. The molecule has 1 fully saturated rings. The Morgan fingerprint density at radius 1 is 1.14 bits per heavy atom. The van der Waals surface area contributed by atoms with Crippen molar-refractivity contribution in [3.8, 4) is 11.1 Å². The van der Waals surface area contributed by atoms with Gasteiger partial charge in [0.05, 0.1) is 6.04 Å². The highest BCUT2D eigenvalue weighted by atomic mass is 16.2. The van der Waals surface area contributed by atoms with E-state index in [4.69, 9.17) is 0 Å². The van der Waals surface area contributed by atoms with Gasteiger partial charge in [0.1, 0.15) is 0 Å². The van der Waals surface area contributed by atoms with Gasteiger partial charge in [-0.25, -0.2) is 0 Å². The molecule has 0 unspecified atom stereocenters. The van der Waals surface area contributed by atoms with E-state index in [1.165, 1.54) is 11.1 Å². The summed E-state index contributed by atoms with van der Waals surface area (Å²) in [7, 11) is 0. The maximum atomic E-state index is 12.3. The van der Waals surface area contributed by atoms with Crippen LogP contribution in [0.3, 0.4) is 0 Å². The first kappa shape index (κ1) is 14.7. The summed E-state index contributed by atoms with van der Waals surface area (Å²) in [6, 6.07) is 12.3. The molecule has 1 saturated heterocycles. The normalized spacial score (nSPS) is 18.5. The zero-order chi connectivity index (χ0) is 15.4. The van der Waals surface area contributed by atoms with Crippen molar-refractivity contribution < 1.29 is 4.79 Å². The van der Waals surface area contributed by atoms with Crippen LogP contribution in [0.2, 0.25) is 0 Å². The average molecular weight is 295 g/mol. The highest BCUT2D eigenvalue weighted by Gasteiger charge is 2.27. The number of rotatable bonds is 4. The predicted molar refractivity (Wildman–Crippen MR) is 87.4 cm³/mol. The van der Waals surface area contributed by atoms with E-state index >= 15 is 0 Å². The van der Waals surface area contributed by atoms with E-state index in [1.54, 1.807) is 12.4 Å². The monoisotopic (exact) mass is 295 g/mol. The molecule has 22 heavy (non-hydrogen) atoms.